The zero-order valence-corrected chi connectivity index (χ0v) is 11.0. The Morgan fingerprint density at radius 2 is 1.85 bits per heavy atom. The summed E-state index contributed by atoms with van der Waals surface area (Å²) in [7, 11) is 0. The number of hydrogen-bond donors (Lipinski definition) is 0. The van der Waals surface area contributed by atoms with Crippen molar-refractivity contribution in [1.29, 1.82) is 0 Å². The number of hydrogen-bond acceptors (Lipinski definition) is 1. The molecule has 0 bridgehead atoms. The third-order valence-corrected chi connectivity index (χ3v) is 4.64. The Hall–Kier alpha value is -1.52. The molecule has 1 saturated carbocycles. The fourth-order valence-electron chi connectivity index (χ4n) is 3.61. The molecule has 2 fully saturated rings. The Bertz CT molecular complexity index is 503. The van der Waals surface area contributed by atoms with Gasteiger partial charge < -0.3 is 4.90 Å². The van der Waals surface area contributed by atoms with Crippen molar-refractivity contribution in [1.82, 2.24) is 4.90 Å². The van der Waals surface area contributed by atoms with Gasteiger partial charge >= 0.3 is 6.18 Å². The van der Waals surface area contributed by atoms with Crippen molar-refractivity contribution in [2.45, 2.75) is 31.4 Å². The van der Waals surface area contributed by atoms with Gasteiger partial charge in [0.15, 0.2) is 0 Å². The van der Waals surface area contributed by atoms with Crippen LogP contribution in [0.1, 0.15) is 36.3 Å². The van der Waals surface area contributed by atoms with Gasteiger partial charge in [0.1, 0.15) is 0 Å². The zero-order chi connectivity index (χ0) is 14.4. The third kappa shape index (κ3) is 2.30. The average Bonchev–Trinajstić information content (AvgIpc) is 2.81. The topological polar surface area (TPSA) is 20.3 Å². The largest absolute Gasteiger partial charge is 0.416 e. The van der Waals surface area contributed by atoms with Crippen LogP contribution in [0.15, 0.2) is 24.3 Å². The number of rotatable bonds is 2. The molecule has 2 nitrogen and oxygen atoms in total. The van der Waals surface area contributed by atoms with E-state index in [2.05, 4.69) is 0 Å². The van der Waals surface area contributed by atoms with Gasteiger partial charge in [-0.25, -0.2) is 0 Å². The number of carbonyl (C=O) groups excluding carboxylic acids is 1. The minimum atomic E-state index is -4.27. The van der Waals surface area contributed by atoms with E-state index < -0.39 is 11.7 Å². The first kappa shape index (κ1) is 13.5. The molecule has 2 aliphatic rings. The molecule has 1 amide bonds. The molecular weight excluding hydrogens is 267 g/mol. The molecule has 20 heavy (non-hydrogen) atoms. The van der Waals surface area contributed by atoms with Crippen LogP contribution in [0.25, 0.3) is 0 Å². The summed E-state index contributed by atoms with van der Waals surface area (Å²) in [6, 6.07) is 5.53. The summed E-state index contributed by atoms with van der Waals surface area (Å²) in [5, 5.41) is 0. The molecule has 1 spiro atoms. The van der Waals surface area contributed by atoms with Crippen molar-refractivity contribution in [2.75, 3.05) is 13.1 Å². The van der Waals surface area contributed by atoms with E-state index in [9.17, 15) is 18.0 Å². The normalized spacial score (nSPS) is 24.8. The van der Waals surface area contributed by atoms with Gasteiger partial charge in [-0.3, -0.25) is 4.79 Å². The summed E-state index contributed by atoms with van der Waals surface area (Å²) in [5.74, 6) is 0.325. The molecule has 108 valence electrons. The van der Waals surface area contributed by atoms with Crippen molar-refractivity contribution >= 4 is 6.41 Å². The van der Waals surface area contributed by atoms with Gasteiger partial charge in [0.05, 0.1) is 5.56 Å². The zero-order valence-electron chi connectivity index (χ0n) is 11.0. The fourth-order valence-corrected chi connectivity index (χ4v) is 3.61. The Kier molecular flexibility index (Phi) is 3.03. The van der Waals surface area contributed by atoms with Crippen molar-refractivity contribution in [3.8, 4) is 0 Å². The standard InChI is InChI=1S/C15H16F3NO/c16-15(17,18)13-3-1-11(2-4-13)12-5-6-14(7-12)8-19(9-14)10-20/h1-4,10,12H,5-9H2/t12-/m0/s1. The molecule has 0 unspecified atom stereocenters. The molecule has 1 atom stereocenters. The Labute approximate surface area is 115 Å². The van der Waals surface area contributed by atoms with Gasteiger partial charge in [-0.1, -0.05) is 12.1 Å². The lowest BCUT2D eigenvalue weighted by Gasteiger charge is -2.46. The minimum absolute atomic E-state index is 0.217. The average molecular weight is 283 g/mol. The second-order valence-electron chi connectivity index (χ2n) is 6.07. The van der Waals surface area contributed by atoms with Crippen LogP contribution in [0.2, 0.25) is 0 Å². The Balaban J connectivity index is 1.68. The lowest BCUT2D eigenvalue weighted by atomic mass is 9.77. The van der Waals surface area contributed by atoms with E-state index in [0.717, 1.165) is 44.3 Å². The molecular formula is C15H16F3NO. The van der Waals surface area contributed by atoms with E-state index in [1.807, 2.05) is 0 Å². The molecule has 1 aromatic rings. The molecule has 0 N–H and O–H groups in total. The summed E-state index contributed by atoms with van der Waals surface area (Å²) in [6.07, 6.45) is -0.367. The number of amides is 1. The monoisotopic (exact) mass is 283 g/mol. The predicted molar refractivity (Wildman–Crippen MR) is 68.1 cm³/mol. The molecule has 1 saturated heterocycles. The van der Waals surface area contributed by atoms with Gasteiger partial charge in [-0.15, -0.1) is 0 Å². The lowest BCUT2D eigenvalue weighted by Crippen LogP contribution is -2.54. The highest BCUT2D eigenvalue weighted by Gasteiger charge is 2.47. The van der Waals surface area contributed by atoms with E-state index in [-0.39, 0.29) is 5.41 Å². The van der Waals surface area contributed by atoms with Gasteiger partial charge in [-0.2, -0.15) is 13.2 Å². The number of benzene rings is 1. The summed E-state index contributed by atoms with van der Waals surface area (Å²) >= 11 is 0. The number of carbonyl (C=O) groups is 1. The molecule has 1 heterocycles. The summed E-state index contributed by atoms with van der Waals surface area (Å²) in [6.45, 7) is 1.60. The first-order valence-corrected chi connectivity index (χ1v) is 6.78. The number of nitrogens with zero attached hydrogens (tertiary/aromatic N) is 1. The number of alkyl halides is 3. The predicted octanol–water partition coefficient (Wildman–Crippen LogP) is 3.43. The van der Waals surface area contributed by atoms with Crippen molar-refractivity contribution in [3.05, 3.63) is 35.4 Å². The molecule has 1 aromatic carbocycles. The highest BCUT2D eigenvalue weighted by molar-refractivity contribution is 5.49. The quantitative estimate of drug-likeness (QED) is 0.761. The molecule has 3 rings (SSSR count). The van der Waals surface area contributed by atoms with Crippen molar-refractivity contribution in [3.63, 3.8) is 0 Å². The van der Waals surface area contributed by atoms with Gasteiger partial charge in [-0.05, 0) is 42.9 Å². The van der Waals surface area contributed by atoms with E-state index in [0.29, 0.717) is 5.92 Å². The molecule has 5 heteroatoms. The van der Waals surface area contributed by atoms with E-state index >= 15 is 0 Å². The van der Waals surface area contributed by atoms with E-state index in [1.165, 1.54) is 12.1 Å². The van der Waals surface area contributed by atoms with Crippen LogP contribution in [-0.4, -0.2) is 24.4 Å². The molecule has 0 radical (unpaired) electrons. The van der Waals surface area contributed by atoms with E-state index in [4.69, 9.17) is 0 Å². The molecule has 1 aliphatic heterocycles. The molecule has 0 aromatic heterocycles. The van der Waals surface area contributed by atoms with Gasteiger partial charge in [0, 0.05) is 18.5 Å². The van der Waals surface area contributed by atoms with Crippen LogP contribution in [0.5, 0.6) is 0 Å². The minimum Gasteiger partial charge on any atom is -0.344 e. The second-order valence-corrected chi connectivity index (χ2v) is 6.07. The number of likely N-dealkylation sites (tertiary alicyclic amines) is 1. The van der Waals surface area contributed by atoms with Crippen LogP contribution in [0.4, 0.5) is 13.2 Å². The van der Waals surface area contributed by atoms with Crippen LogP contribution in [-0.2, 0) is 11.0 Å². The van der Waals surface area contributed by atoms with Crippen LogP contribution < -0.4 is 0 Å². The van der Waals surface area contributed by atoms with Crippen molar-refractivity contribution < 1.29 is 18.0 Å². The first-order valence-electron chi connectivity index (χ1n) is 6.78. The highest BCUT2D eigenvalue weighted by atomic mass is 19.4. The highest BCUT2D eigenvalue weighted by Crippen LogP contribution is 2.51. The second kappa shape index (κ2) is 4.50. The van der Waals surface area contributed by atoms with Crippen LogP contribution in [0, 0.1) is 5.41 Å². The Morgan fingerprint density at radius 1 is 1.20 bits per heavy atom. The Morgan fingerprint density at radius 3 is 2.40 bits per heavy atom. The van der Waals surface area contributed by atoms with Gasteiger partial charge in [0.25, 0.3) is 0 Å². The summed E-state index contributed by atoms with van der Waals surface area (Å²) in [4.78, 5) is 12.4. The van der Waals surface area contributed by atoms with Crippen LogP contribution >= 0.6 is 0 Å². The smallest absolute Gasteiger partial charge is 0.344 e. The van der Waals surface area contributed by atoms with Crippen LogP contribution in [0.3, 0.4) is 0 Å². The maximum Gasteiger partial charge on any atom is 0.416 e. The summed E-state index contributed by atoms with van der Waals surface area (Å²) in [5.41, 5.74) is 0.609. The third-order valence-electron chi connectivity index (χ3n) is 4.64. The number of halogens is 3. The van der Waals surface area contributed by atoms with Crippen molar-refractivity contribution in [2.24, 2.45) is 5.41 Å². The molecule has 1 aliphatic carbocycles. The van der Waals surface area contributed by atoms with E-state index in [1.54, 1.807) is 17.0 Å². The maximum absolute atomic E-state index is 12.5. The lowest BCUT2D eigenvalue weighted by molar-refractivity contribution is -0.137. The summed E-state index contributed by atoms with van der Waals surface area (Å²) < 4.78 is 37.6. The fraction of sp³-hybridized carbons (Fsp3) is 0.533. The maximum atomic E-state index is 12.5. The SMILES string of the molecule is O=CN1CC2(CC[C@H](c3ccc(C(F)(F)F)cc3)C2)C1. The van der Waals surface area contributed by atoms with Gasteiger partial charge in [0.2, 0.25) is 6.41 Å². The first-order chi connectivity index (χ1) is 9.42.